The molecule has 35 heavy (non-hydrogen) atoms. The lowest BCUT2D eigenvalue weighted by atomic mass is 9.86. The first kappa shape index (κ1) is 23.9. The Labute approximate surface area is 211 Å². The Morgan fingerprint density at radius 2 is 1.46 bits per heavy atom. The number of piperidine rings is 1. The van der Waals surface area contributed by atoms with E-state index < -0.39 is 0 Å². The van der Waals surface area contributed by atoms with Crippen molar-refractivity contribution < 1.29 is 4.74 Å². The summed E-state index contributed by atoms with van der Waals surface area (Å²) in [4.78, 5) is 2.66. The molecule has 0 unspecified atom stereocenters. The van der Waals surface area contributed by atoms with Crippen LogP contribution < -0.4 is 4.74 Å². The summed E-state index contributed by atoms with van der Waals surface area (Å²) < 4.78 is 6.20. The maximum absolute atomic E-state index is 6.20. The number of nitrogens with zero attached hydrogens (tertiary/aromatic N) is 1. The summed E-state index contributed by atoms with van der Waals surface area (Å²) in [7, 11) is 0. The van der Waals surface area contributed by atoms with E-state index >= 15 is 0 Å². The van der Waals surface area contributed by atoms with Crippen LogP contribution in [0.5, 0.6) is 5.75 Å². The van der Waals surface area contributed by atoms with Gasteiger partial charge >= 0.3 is 0 Å². The Morgan fingerprint density at radius 1 is 0.771 bits per heavy atom. The first-order valence-electron chi connectivity index (χ1n) is 13.3. The Hall–Kier alpha value is -2.84. The zero-order valence-corrected chi connectivity index (χ0v) is 21.6. The largest absolute Gasteiger partial charge is 0.488 e. The number of ether oxygens (including phenoxy) is 1. The van der Waals surface area contributed by atoms with E-state index in [1.165, 1.54) is 59.2 Å². The van der Waals surface area contributed by atoms with Gasteiger partial charge < -0.3 is 9.64 Å². The zero-order valence-electron chi connectivity index (χ0n) is 21.6. The van der Waals surface area contributed by atoms with Crippen LogP contribution in [0, 0.1) is 0 Å². The van der Waals surface area contributed by atoms with Crippen molar-refractivity contribution in [3.63, 3.8) is 0 Å². The molecule has 2 heteroatoms. The van der Waals surface area contributed by atoms with Crippen molar-refractivity contribution in [3.8, 4) is 5.75 Å². The molecule has 3 aromatic rings. The molecule has 0 aliphatic carbocycles. The topological polar surface area (TPSA) is 12.5 Å². The van der Waals surface area contributed by atoms with Gasteiger partial charge in [-0.15, -0.1) is 0 Å². The number of benzene rings is 3. The van der Waals surface area contributed by atoms with Gasteiger partial charge in [-0.25, -0.2) is 0 Å². The van der Waals surface area contributed by atoms with Crippen molar-refractivity contribution in [2.75, 3.05) is 19.6 Å². The van der Waals surface area contributed by atoms with E-state index in [1.807, 2.05) is 0 Å². The minimum Gasteiger partial charge on any atom is -0.488 e. The fraction of sp³-hybridized carbons (Fsp3) is 0.394. The molecule has 0 saturated carbocycles. The predicted molar refractivity (Wildman–Crippen MR) is 147 cm³/mol. The monoisotopic (exact) mass is 465 g/mol. The second-order valence-corrected chi connectivity index (χ2v) is 11.2. The number of unbranched alkanes of at least 4 members (excludes halogenated alkanes) is 1. The minimum atomic E-state index is 0.231. The zero-order chi connectivity index (χ0) is 24.3. The van der Waals surface area contributed by atoms with Crippen LogP contribution in [-0.2, 0) is 18.4 Å². The van der Waals surface area contributed by atoms with Gasteiger partial charge in [-0.1, -0.05) is 93.1 Å². The minimum absolute atomic E-state index is 0.231. The molecule has 0 amide bonds. The molecule has 0 N–H and O–H groups in total. The molecule has 182 valence electrons. The van der Waals surface area contributed by atoms with E-state index in [4.69, 9.17) is 4.74 Å². The molecule has 0 radical (unpaired) electrons. The van der Waals surface area contributed by atoms with Gasteiger partial charge in [0.1, 0.15) is 12.4 Å². The SMILES string of the molecule is CC(C)(C)c1ccc(CCCCN2CCC(=C3c4ccccc4COc4ccccc43)CC2)cc1. The molecule has 0 spiro atoms. The van der Waals surface area contributed by atoms with E-state index in [-0.39, 0.29) is 5.41 Å². The lowest BCUT2D eigenvalue weighted by Crippen LogP contribution is -2.32. The highest BCUT2D eigenvalue weighted by Gasteiger charge is 2.24. The summed E-state index contributed by atoms with van der Waals surface area (Å²) in [6, 6.07) is 26.6. The molecule has 2 aliphatic rings. The number of fused-ring (bicyclic) bond motifs is 2. The molecule has 2 heterocycles. The molecular formula is C33H39NO. The first-order valence-corrected chi connectivity index (χ1v) is 13.3. The van der Waals surface area contributed by atoms with E-state index in [0.717, 1.165) is 31.7 Å². The predicted octanol–water partition coefficient (Wildman–Crippen LogP) is 7.80. The van der Waals surface area contributed by atoms with Crippen LogP contribution in [0.2, 0.25) is 0 Å². The van der Waals surface area contributed by atoms with Crippen LogP contribution in [0.3, 0.4) is 0 Å². The maximum atomic E-state index is 6.20. The van der Waals surface area contributed by atoms with Gasteiger partial charge in [0.15, 0.2) is 0 Å². The molecule has 2 nitrogen and oxygen atoms in total. The van der Waals surface area contributed by atoms with Crippen LogP contribution in [-0.4, -0.2) is 24.5 Å². The first-order chi connectivity index (χ1) is 17.0. The van der Waals surface area contributed by atoms with E-state index in [1.54, 1.807) is 5.57 Å². The van der Waals surface area contributed by atoms with Crippen molar-refractivity contribution in [1.29, 1.82) is 0 Å². The van der Waals surface area contributed by atoms with Gasteiger partial charge in [-0.05, 0) is 78.0 Å². The quantitative estimate of drug-likeness (QED) is 0.356. The van der Waals surface area contributed by atoms with E-state index in [2.05, 4.69) is 98.5 Å². The van der Waals surface area contributed by atoms with E-state index in [0.29, 0.717) is 6.61 Å². The molecule has 0 atom stereocenters. The van der Waals surface area contributed by atoms with E-state index in [9.17, 15) is 0 Å². The molecule has 5 rings (SSSR count). The van der Waals surface area contributed by atoms with Crippen LogP contribution in [0.25, 0.3) is 5.57 Å². The summed E-state index contributed by atoms with van der Waals surface area (Å²) in [5.41, 5.74) is 10.1. The Kier molecular flexibility index (Phi) is 7.11. The lowest BCUT2D eigenvalue weighted by molar-refractivity contribution is 0.252. The second-order valence-electron chi connectivity index (χ2n) is 11.2. The van der Waals surface area contributed by atoms with Crippen molar-refractivity contribution in [2.45, 2.75) is 64.9 Å². The third-order valence-electron chi connectivity index (χ3n) is 7.65. The summed E-state index contributed by atoms with van der Waals surface area (Å²) >= 11 is 0. The van der Waals surface area contributed by atoms with Gasteiger partial charge in [0.05, 0.1) is 0 Å². The number of likely N-dealkylation sites (tertiary alicyclic amines) is 1. The molecule has 0 aromatic heterocycles. The van der Waals surface area contributed by atoms with Gasteiger partial charge in [-0.2, -0.15) is 0 Å². The average molecular weight is 466 g/mol. The molecule has 0 bridgehead atoms. The number of hydrogen-bond donors (Lipinski definition) is 0. The fourth-order valence-corrected chi connectivity index (χ4v) is 5.50. The van der Waals surface area contributed by atoms with Crippen molar-refractivity contribution in [1.82, 2.24) is 4.90 Å². The van der Waals surface area contributed by atoms with Crippen molar-refractivity contribution in [2.24, 2.45) is 0 Å². The molecule has 1 saturated heterocycles. The third-order valence-corrected chi connectivity index (χ3v) is 7.65. The van der Waals surface area contributed by atoms with Crippen molar-refractivity contribution in [3.05, 3.63) is 106 Å². The lowest BCUT2D eigenvalue weighted by Gasteiger charge is -2.30. The molecule has 3 aromatic carbocycles. The number of hydrogen-bond acceptors (Lipinski definition) is 2. The van der Waals surface area contributed by atoms with Crippen LogP contribution in [0.4, 0.5) is 0 Å². The molecular weight excluding hydrogens is 426 g/mol. The third kappa shape index (κ3) is 5.54. The van der Waals surface area contributed by atoms with Gasteiger partial charge in [-0.3, -0.25) is 0 Å². The normalized spacial score (nSPS) is 16.3. The smallest absolute Gasteiger partial charge is 0.127 e. The van der Waals surface area contributed by atoms with Crippen LogP contribution in [0.15, 0.2) is 78.4 Å². The number of rotatable bonds is 5. The van der Waals surface area contributed by atoms with Gasteiger partial charge in [0, 0.05) is 18.7 Å². The summed E-state index contributed by atoms with van der Waals surface area (Å²) in [5, 5.41) is 0. The van der Waals surface area contributed by atoms with Crippen molar-refractivity contribution >= 4 is 5.57 Å². The maximum Gasteiger partial charge on any atom is 0.127 e. The molecule has 2 aliphatic heterocycles. The Balaban J connectivity index is 1.20. The van der Waals surface area contributed by atoms with Gasteiger partial charge in [0.2, 0.25) is 0 Å². The fourth-order valence-electron chi connectivity index (χ4n) is 5.50. The highest BCUT2D eigenvalue weighted by Crippen LogP contribution is 2.40. The number of aryl methyl sites for hydroxylation is 1. The molecule has 1 fully saturated rings. The van der Waals surface area contributed by atoms with Gasteiger partial charge in [0.25, 0.3) is 0 Å². The van der Waals surface area contributed by atoms with Crippen LogP contribution in [0.1, 0.15) is 74.3 Å². The standard InChI is InChI=1S/C33H39NO/c1-33(2,3)28-17-15-25(16-18-28)10-8-9-21-34-22-19-26(20-23-34)32-29-12-5-4-11-27(29)24-35-31-14-7-6-13-30(31)32/h4-7,11-18H,8-10,19-24H2,1-3H3. The second kappa shape index (κ2) is 10.4. The Morgan fingerprint density at radius 3 is 2.20 bits per heavy atom. The summed E-state index contributed by atoms with van der Waals surface area (Å²) in [5.74, 6) is 1.02. The summed E-state index contributed by atoms with van der Waals surface area (Å²) in [6.07, 6.45) is 6.00. The average Bonchev–Trinajstić information content (AvgIpc) is 3.04. The Bertz CT molecular complexity index is 1120. The number of para-hydroxylation sites is 1. The highest BCUT2D eigenvalue weighted by molar-refractivity contribution is 5.87. The highest BCUT2D eigenvalue weighted by atomic mass is 16.5. The van der Waals surface area contributed by atoms with Crippen LogP contribution >= 0.6 is 0 Å². The summed E-state index contributed by atoms with van der Waals surface area (Å²) in [6.45, 7) is 11.0.